The van der Waals surface area contributed by atoms with E-state index in [0.29, 0.717) is 16.8 Å². The normalized spacial score (nSPS) is 15.5. The molecule has 4 aromatic rings. The Morgan fingerprint density at radius 3 is 2.58 bits per heavy atom. The smallest absolute Gasteiger partial charge is 0.352 e. The summed E-state index contributed by atoms with van der Waals surface area (Å²) >= 11 is 18.4. The molecule has 1 atom stereocenters. The number of benzene rings is 1. The van der Waals surface area contributed by atoms with Crippen LogP contribution >= 0.6 is 34.8 Å². The second-order valence-electron chi connectivity index (χ2n) is 9.54. The molecule has 0 radical (unpaired) electrons. The number of carbonyl (C=O) groups excluding carboxylic acids is 2. The number of pyridine rings is 1. The number of nitriles is 1. The molecular weight excluding hydrogens is 636 g/mol. The van der Waals surface area contributed by atoms with Crippen molar-refractivity contribution in [2.75, 3.05) is 11.9 Å². The third kappa shape index (κ3) is 6.56. The van der Waals surface area contributed by atoms with Gasteiger partial charge in [0.05, 0.1) is 33.6 Å². The van der Waals surface area contributed by atoms with Crippen molar-refractivity contribution in [1.29, 1.82) is 5.26 Å². The van der Waals surface area contributed by atoms with Crippen LogP contribution in [-0.4, -0.2) is 57.7 Å². The monoisotopic (exact) mass is 652 g/mol. The lowest BCUT2D eigenvalue weighted by Gasteiger charge is -2.15. The number of anilines is 1. The highest BCUT2D eigenvalue weighted by atomic mass is 35.5. The van der Waals surface area contributed by atoms with Crippen LogP contribution in [-0.2, 0) is 12.7 Å². The summed E-state index contributed by atoms with van der Waals surface area (Å²) in [5.41, 5.74) is 0.642. The van der Waals surface area contributed by atoms with Crippen molar-refractivity contribution < 1.29 is 22.8 Å². The van der Waals surface area contributed by atoms with Crippen LogP contribution in [0.3, 0.4) is 0 Å². The number of hydrogen-bond acceptors (Lipinski definition) is 8. The number of carbonyl (C=O) groups is 2. The Labute approximate surface area is 255 Å². The molecule has 1 saturated carbocycles. The fourth-order valence-electron chi connectivity index (χ4n) is 4.11. The highest BCUT2D eigenvalue weighted by Gasteiger charge is 2.51. The van der Waals surface area contributed by atoms with E-state index in [4.69, 9.17) is 34.8 Å². The number of amides is 2. The average molecular weight is 654 g/mol. The fraction of sp³-hybridized carbons (Fsp3) is 0.280. The Morgan fingerprint density at radius 1 is 1.21 bits per heavy atom. The number of aryl methyl sites for hydroxylation is 1. The third-order valence-electron chi connectivity index (χ3n) is 6.35. The van der Waals surface area contributed by atoms with E-state index in [-0.39, 0.29) is 58.1 Å². The molecule has 0 bridgehead atoms. The largest absolute Gasteiger partial charge is 0.455 e. The maximum Gasteiger partial charge on any atom is 0.455 e. The zero-order valence-corrected chi connectivity index (χ0v) is 24.1. The van der Waals surface area contributed by atoms with Crippen molar-refractivity contribution in [3.8, 4) is 11.9 Å². The minimum absolute atomic E-state index is 0.00828. The fourth-order valence-corrected chi connectivity index (χ4v) is 4.84. The van der Waals surface area contributed by atoms with Crippen LogP contribution in [0.2, 0.25) is 5.02 Å². The van der Waals surface area contributed by atoms with Crippen molar-refractivity contribution in [1.82, 2.24) is 40.3 Å². The second-order valence-corrected chi connectivity index (χ2v) is 11.5. The first kappa shape index (κ1) is 30.2. The predicted octanol–water partition coefficient (Wildman–Crippen LogP) is 4.33. The van der Waals surface area contributed by atoms with Gasteiger partial charge in [0, 0.05) is 18.7 Å². The quantitative estimate of drug-likeness (QED) is 0.266. The van der Waals surface area contributed by atoms with Crippen molar-refractivity contribution in [2.45, 2.75) is 30.4 Å². The molecule has 2 N–H and O–H groups in total. The molecule has 0 aliphatic heterocycles. The predicted molar refractivity (Wildman–Crippen MR) is 147 cm³/mol. The van der Waals surface area contributed by atoms with Gasteiger partial charge in [-0.3, -0.25) is 9.59 Å². The van der Waals surface area contributed by atoms with Crippen LogP contribution in [0, 0.1) is 24.2 Å². The van der Waals surface area contributed by atoms with Gasteiger partial charge in [0.25, 0.3) is 17.6 Å². The summed E-state index contributed by atoms with van der Waals surface area (Å²) in [7, 11) is 0. The van der Waals surface area contributed by atoms with Crippen molar-refractivity contribution in [3.05, 3.63) is 75.5 Å². The molecule has 1 aliphatic rings. The summed E-state index contributed by atoms with van der Waals surface area (Å²) in [5.74, 6) is -2.89. The molecule has 1 aliphatic carbocycles. The zero-order valence-electron chi connectivity index (χ0n) is 21.8. The van der Waals surface area contributed by atoms with Gasteiger partial charge in [0.2, 0.25) is 0 Å². The number of alkyl halides is 5. The van der Waals surface area contributed by atoms with Crippen LogP contribution in [0.4, 0.5) is 18.9 Å². The van der Waals surface area contributed by atoms with Gasteiger partial charge < -0.3 is 10.6 Å². The Bertz CT molecular complexity index is 1780. The van der Waals surface area contributed by atoms with Gasteiger partial charge in [0.15, 0.2) is 5.82 Å². The highest BCUT2D eigenvalue weighted by Crippen LogP contribution is 2.52. The van der Waals surface area contributed by atoms with E-state index >= 15 is 0 Å². The van der Waals surface area contributed by atoms with E-state index in [1.54, 1.807) is 13.0 Å². The first-order valence-electron chi connectivity index (χ1n) is 12.3. The lowest BCUT2D eigenvalue weighted by atomic mass is 10.0. The molecule has 1 fully saturated rings. The third-order valence-corrected chi connectivity index (χ3v) is 7.58. The van der Waals surface area contributed by atoms with E-state index < -0.39 is 28.1 Å². The molecule has 18 heteroatoms. The topological polar surface area (TPSA) is 156 Å². The van der Waals surface area contributed by atoms with Crippen LogP contribution in [0.1, 0.15) is 49.9 Å². The number of tetrazole rings is 1. The molecule has 43 heavy (non-hydrogen) atoms. The average Bonchev–Trinajstić information content (AvgIpc) is 3.29. The first-order chi connectivity index (χ1) is 20.3. The molecule has 12 nitrogen and oxygen atoms in total. The zero-order chi connectivity index (χ0) is 31.1. The van der Waals surface area contributed by atoms with Crippen LogP contribution in [0.5, 0.6) is 0 Å². The molecule has 3 aromatic heterocycles. The maximum absolute atomic E-state index is 13.7. The molecule has 222 valence electrons. The highest BCUT2D eigenvalue weighted by molar-refractivity contribution is 6.50. The van der Waals surface area contributed by atoms with Gasteiger partial charge in [-0.15, -0.1) is 33.4 Å². The van der Waals surface area contributed by atoms with E-state index in [9.17, 15) is 28.0 Å². The van der Waals surface area contributed by atoms with Gasteiger partial charge >= 0.3 is 6.18 Å². The molecular formula is C25H18Cl3F3N10O2. The lowest BCUT2D eigenvalue weighted by Crippen LogP contribution is -2.29. The Hall–Kier alpha value is -4.26. The van der Waals surface area contributed by atoms with Crippen molar-refractivity contribution in [3.63, 3.8) is 0 Å². The van der Waals surface area contributed by atoms with E-state index in [1.807, 2.05) is 6.07 Å². The van der Waals surface area contributed by atoms with Gasteiger partial charge in [-0.2, -0.15) is 28.3 Å². The Balaban J connectivity index is 1.48. The molecule has 1 unspecified atom stereocenters. The molecule has 0 saturated heterocycles. The van der Waals surface area contributed by atoms with Gasteiger partial charge in [0.1, 0.15) is 16.6 Å². The SMILES string of the molecule is Cc1cc(C#N)cc(C(=O)NCC2CC2(Cl)Cl)c1NC(=O)c1cc(Cn2nnc(C(F)(F)F)n2)nn1-c1ncccc1Cl. The second kappa shape index (κ2) is 11.4. The van der Waals surface area contributed by atoms with E-state index in [0.717, 1.165) is 4.68 Å². The molecule has 3 heterocycles. The number of halogens is 6. The van der Waals surface area contributed by atoms with Crippen molar-refractivity contribution >= 4 is 52.3 Å². The van der Waals surface area contributed by atoms with Crippen molar-refractivity contribution in [2.24, 2.45) is 5.92 Å². The Kier molecular flexibility index (Phi) is 8.03. The maximum atomic E-state index is 13.7. The van der Waals surface area contributed by atoms with Gasteiger partial charge in [-0.25, -0.2) is 9.67 Å². The summed E-state index contributed by atoms with van der Waals surface area (Å²) in [5, 5.41) is 29.0. The summed E-state index contributed by atoms with van der Waals surface area (Å²) in [6.45, 7) is 1.40. The minimum atomic E-state index is -4.80. The molecule has 2 amide bonds. The standard InChI is InChI=1S/C25H18Cl3F3N10O2/c1-12-5-13(9-32)6-16(21(42)34-10-14-8-24(14,27)28)19(12)35-22(43)18-7-15(11-40-38-23(36-39-40)25(29,30)31)37-41(18)20-17(26)3-2-4-33-20/h2-7,14H,8,10-11H2,1H3,(H,34,42)(H,35,43). The number of nitrogens with zero attached hydrogens (tertiary/aromatic N) is 8. The number of aromatic nitrogens is 7. The van der Waals surface area contributed by atoms with E-state index in [2.05, 4.69) is 36.1 Å². The van der Waals surface area contributed by atoms with Crippen LogP contribution in [0.15, 0.2) is 36.5 Å². The lowest BCUT2D eigenvalue weighted by molar-refractivity contribution is -0.145. The Morgan fingerprint density at radius 2 is 1.95 bits per heavy atom. The first-order valence-corrected chi connectivity index (χ1v) is 13.5. The molecule has 0 spiro atoms. The minimum Gasteiger partial charge on any atom is -0.352 e. The summed E-state index contributed by atoms with van der Waals surface area (Å²) in [4.78, 5) is 31.7. The van der Waals surface area contributed by atoms with Gasteiger partial charge in [-0.05, 0) is 54.5 Å². The molecule has 1 aromatic carbocycles. The van der Waals surface area contributed by atoms with Crippen LogP contribution in [0.25, 0.3) is 5.82 Å². The molecule has 5 rings (SSSR count). The summed E-state index contributed by atoms with van der Waals surface area (Å²) < 4.78 is 39.0. The summed E-state index contributed by atoms with van der Waals surface area (Å²) in [6.07, 6.45) is -2.90. The number of rotatable bonds is 8. The van der Waals surface area contributed by atoms with Gasteiger partial charge in [-0.1, -0.05) is 11.6 Å². The number of hydrogen-bond donors (Lipinski definition) is 2. The van der Waals surface area contributed by atoms with E-state index in [1.165, 1.54) is 30.5 Å². The van der Waals surface area contributed by atoms with Crippen LogP contribution < -0.4 is 10.6 Å². The summed E-state index contributed by atoms with van der Waals surface area (Å²) in [6, 6.07) is 9.13. The number of nitrogens with one attached hydrogen (secondary N) is 2.